The van der Waals surface area contributed by atoms with Crippen molar-refractivity contribution < 1.29 is 17.9 Å². The molecule has 0 spiro atoms. The van der Waals surface area contributed by atoms with Gasteiger partial charge >= 0.3 is 6.18 Å². The van der Waals surface area contributed by atoms with Gasteiger partial charge in [0.25, 0.3) is 5.56 Å². The first-order chi connectivity index (χ1) is 16.8. The molecule has 1 saturated heterocycles. The van der Waals surface area contributed by atoms with Gasteiger partial charge in [0, 0.05) is 36.4 Å². The number of rotatable bonds is 4. The molecule has 1 aliphatic heterocycles. The van der Waals surface area contributed by atoms with Crippen LogP contribution in [0.5, 0.6) is 5.75 Å². The predicted octanol–water partition coefficient (Wildman–Crippen LogP) is 3.46. The average Bonchev–Trinajstić information content (AvgIpc) is 3.39. The number of nitrogens with one attached hydrogen (secondary N) is 2. The maximum atomic E-state index is 13.9. The molecule has 0 aliphatic carbocycles. The Hall–Kier alpha value is -3.37. The molecule has 0 atom stereocenters. The first-order valence-electron chi connectivity index (χ1n) is 11.2. The summed E-state index contributed by atoms with van der Waals surface area (Å²) in [4.78, 5) is 24.6. The molecular formula is C25H23F3N4O2S. The van der Waals surface area contributed by atoms with E-state index in [1.54, 1.807) is 30.6 Å². The summed E-state index contributed by atoms with van der Waals surface area (Å²) in [5.41, 5.74) is 0.267. The van der Waals surface area contributed by atoms with Gasteiger partial charge in [-0.1, -0.05) is 6.07 Å². The summed E-state index contributed by atoms with van der Waals surface area (Å²) in [6.07, 6.45) is 3.32. The van der Waals surface area contributed by atoms with E-state index < -0.39 is 11.7 Å². The van der Waals surface area contributed by atoms with Gasteiger partial charge in [0.05, 0.1) is 14.8 Å². The second-order valence-corrected chi connectivity index (χ2v) is 9.67. The topological polar surface area (TPSA) is 74.0 Å². The van der Waals surface area contributed by atoms with Crippen molar-refractivity contribution in [2.45, 2.75) is 25.1 Å². The van der Waals surface area contributed by atoms with Crippen molar-refractivity contribution in [3.05, 3.63) is 79.0 Å². The molecule has 0 unspecified atom stereocenters. The number of pyridine rings is 1. The highest BCUT2D eigenvalue weighted by molar-refractivity contribution is 7.07. The van der Waals surface area contributed by atoms with Gasteiger partial charge in [0.15, 0.2) is 0 Å². The van der Waals surface area contributed by atoms with Crippen LogP contribution in [-0.4, -0.2) is 46.1 Å². The van der Waals surface area contributed by atoms with E-state index in [1.165, 1.54) is 12.1 Å². The highest BCUT2D eigenvalue weighted by Crippen LogP contribution is 2.35. The number of benzene rings is 1. The van der Waals surface area contributed by atoms with Crippen molar-refractivity contribution in [2.24, 2.45) is 0 Å². The van der Waals surface area contributed by atoms with Crippen molar-refractivity contribution >= 4 is 34.5 Å². The Morgan fingerprint density at radius 3 is 2.74 bits per heavy atom. The van der Waals surface area contributed by atoms with Crippen molar-refractivity contribution in [1.29, 1.82) is 0 Å². The van der Waals surface area contributed by atoms with Gasteiger partial charge in [-0.3, -0.25) is 4.79 Å². The highest BCUT2D eigenvalue weighted by Gasteiger charge is 2.33. The van der Waals surface area contributed by atoms with Crippen LogP contribution in [0.2, 0.25) is 0 Å². The second-order valence-electron chi connectivity index (χ2n) is 8.58. The van der Waals surface area contributed by atoms with Crippen LogP contribution in [0.15, 0.2) is 47.5 Å². The van der Waals surface area contributed by atoms with Crippen LogP contribution in [0, 0.1) is 0 Å². The maximum Gasteiger partial charge on any atom is 0.417 e. The summed E-state index contributed by atoms with van der Waals surface area (Å²) >= 11 is 1.10. The Morgan fingerprint density at radius 2 is 1.97 bits per heavy atom. The van der Waals surface area contributed by atoms with E-state index in [0.717, 1.165) is 54.3 Å². The third kappa shape index (κ3) is 5.18. The quantitative estimate of drug-likeness (QED) is 0.450. The molecule has 1 aromatic carbocycles. The van der Waals surface area contributed by atoms with E-state index in [9.17, 15) is 18.0 Å². The fourth-order valence-electron chi connectivity index (χ4n) is 4.18. The fraction of sp³-hybridized carbons (Fsp3) is 0.280. The van der Waals surface area contributed by atoms with Crippen LogP contribution in [0.25, 0.3) is 23.2 Å². The molecule has 0 saturated carbocycles. The van der Waals surface area contributed by atoms with Crippen LogP contribution in [-0.2, 0) is 6.18 Å². The standard InChI is InChI=1S/C25H23F3N4O2S/c1-32-9-6-17(7-10-32)34-18-5-4-15(20(13-18)25(26,27)28)12-22-31-24(33)21(35-22)11-16-14-30-23-19(16)3-2-8-29-23/h2-5,8,11-14,17H,6-7,9-10H2,1H3,(H,29,30)(H,31,33)/b21-11-,22-12-. The van der Waals surface area contributed by atoms with E-state index in [0.29, 0.717) is 14.8 Å². The van der Waals surface area contributed by atoms with Gasteiger partial charge in [-0.2, -0.15) is 13.2 Å². The minimum absolute atomic E-state index is 0.0337. The van der Waals surface area contributed by atoms with E-state index >= 15 is 0 Å². The smallest absolute Gasteiger partial charge is 0.417 e. The first kappa shape index (κ1) is 23.4. The van der Waals surface area contributed by atoms with Crippen LogP contribution in [0.4, 0.5) is 13.2 Å². The van der Waals surface area contributed by atoms with Gasteiger partial charge in [-0.15, -0.1) is 11.3 Å². The zero-order chi connectivity index (χ0) is 24.6. The van der Waals surface area contributed by atoms with Crippen LogP contribution in [0.3, 0.4) is 0 Å². The normalized spacial score (nSPS) is 16.9. The molecule has 182 valence electrons. The Kier molecular flexibility index (Phi) is 6.24. The van der Waals surface area contributed by atoms with Crippen molar-refractivity contribution in [1.82, 2.24) is 19.9 Å². The molecule has 4 aromatic rings. The lowest BCUT2D eigenvalue weighted by molar-refractivity contribution is -0.137. The summed E-state index contributed by atoms with van der Waals surface area (Å²) in [6.45, 7) is 1.70. The zero-order valence-electron chi connectivity index (χ0n) is 18.9. The second kappa shape index (κ2) is 9.35. The summed E-state index contributed by atoms with van der Waals surface area (Å²) in [5, 5.41) is 0.852. The third-order valence-corrected chi connectivity index (χ3v) is 7.00. The number of hydrogen-bond acceptors (Lipinski definition) is 5. The summed E-state index contributed by atoms with van der Waals surface area (Å²) < 4.78 is 48.2. The number of nitrogens with zero attached hydrogens (tertiary/aromatic N) is 2. The first-order valence-corrected chi connectivity index (χ1v) is 12.0. The third-order valence-electron chi connectivity index (χ3n) is 6.04. The summed E-state index contributed by atoms with van der Waals surface area (Å²) in [7, 11) is 2.01. The Labute approximate surface area is 202 Å². The summed E-state index contributed by atoms with van der Waals surface area (Å²) in [6, 6.07) is 7.66. The lowest BCUT2D eigenvalue weighted by Crippen LogP contribution is -2.35. The Bertz CT molecular complexity index is 1530. The number of hydrogen-bond donors (Lipinski definition) is 2. The molecule has 10 heteroatoms. The number of fused-ring (bicyclic) bond motifs is 1. The maximum absolute atomic E-state index is 13.9. The lowest BCUT2D eigenvalue weighted by atomic mass is 10.1. The molecule has 1 aliphatic rings. The molecule has 5 rings (SSSR count). The van der Waals surface area contributed by atoms with Crippen molar-refractivity contribution in [2.75, 3.05) is 20.1 Å². The van der Waals surface area contributed by atoms with E-state index in [-0.39, 0.29) is 23.0 Å². The number of H-pyrrole nitrogens is 2. The SMILES string of the molecule is CN1CCC(Oc2ccc(/C=c3/[nH]c(=O)/c(=C/c4c[nH]c5ncccc45)s3)c(C(F)(F)F)c2)CC1. The minimum atomic E-state index is -4.57. The monoisotopic (exact) mass is 500 g/mol. The van der Waals surface area contributed by atoms with E-state index in [4.69, 9.17) is 4.74 Å². The molecule has 2 N–H and O–H groups in total. The number of likely N-dealkylation sites (tertiary alicyclic amines) is 1. The minimum Gasteiger partial charge on any atom is -0.490 e. The number of aromatic amines is 2. The number of aromatic nitrogens is 3. The van der Waals surface area contributed by atoms with Crippen molar-refractivity contribution in [3.8, 4) is 5.75 Å². The van der Waals surface area contributed by atoms with Crippen LogP contribution in [0.1, 0.15) is 29.5 Å². The van der Waals surface area contributed by atoms with Crippen LogP contribution >= 0.6 is 11.3 Å². The fourth-order valence-corrected chi connectivity index (χ4v) is 5.07. The van der Waals surface area contributed by atoms with E-state index in [1.807, 2.05) is 13.1 Å². The summed E-state index contributed by atoms with van der Waals surface area (Å²) in [5.74, 6) is 0.200. The van der Waals surface area contributed by atoms with Gasteiger partial charge in [-0.25, -0.2) is 4.98 Å². The van der Waals surface area contributed by atoms with Gasteiger partial charge in [0.1, 0.15) is 17.5 Å². The average molecular weight is 501 g/mol. The molecule has 0 bridgehead atoms. The highest BCUT2D eigenvalue weighted by atomic mass is 32.1. The molecular weight excluding hydrogens is 477 g/mol. The molecule has 35 heavy (non-hydrogen) atoms. The van der Waals surface area contributed by atoms with Crippen molar-refractivity contribution in [3.63, 3.8) is 0 Å². The molecule has 4 heterocycles. The zero-order valence-corrected chi connectivity index (χ0v) is 19.7. The van der Waals surface area contributed by atoms with Gasteiger partial charge in [0.2, 0.25) is 0 Å². The largest absolute Gasteiger partial charge is 0.490 e. The number of piperidine rings is 1. The number of alkyl halides is 3. The molecule has 6 nitrogen and oxygen atoms in total. The van der Waals surface area contributed by atoms with Crippen LogP contribution < -0.4 is 19.5 Å². The molecule has 1 fully saturated rings. The predicted molar refractivity (Wildman–Crippen MR) is 130 cm³/mol. The number of thiazole rings is 1. The van der Waals surface area contributed by atoms with Gasteiger partial charge in [-0.05, 0) is 61.9 Å². The Balaban J connectivity index is 1.49. The molecule has 3 aromatic heterocycles. The van der Waals surface area contributed by atoms with E-state index in [2.05, 4.69) is 19.9 Å². The molecule has 0 amide bonds. The number of ether oxygens (including phenoxy) is 1. The molecule has 0 radical (unpaired) electrons. The Morgan fingerprint density at radius 1 is 1.17 bits per heavy atom. The van der Waals surface area contributed by atoms with Gasteiger partial charge < -0.3 is 19.6 Å². The lowest BCUT2D eigenvalue weighted by Gasteiger charge is -2.29. The number of halogens is 3.